The van der Waals surface area contributed by atoms with Crippen molar-refractivity contribution in [1.29, 1.82) is 0 Å². The molecule has 0 rings (SSSR count). The summed E-state index contributed by atoms with van der Waals surface area (Å²) >= 11 is 0. The van der Waals surface area contributed by atoms with E-state index in [1.54, 1.807) is 0 Å². The average Bonchev–Trinajstić information content (AvgIpc) is 3.11. The first-order valence-electron chi connectivity index (χ1n) is 21.6. The molecule has 0 saturated carbocycles. The average molecular weight is 725 g/mol. The Morgan fingerprint density at radius 2 is 0.647 bits per heavy atom. The molecule has 0 aliphatic rings. The van der Waals surface area contributed by atoms with Crippen LogP contribution in [0.5, 0.6) is 0 Å². The Balaban J connectivity index is 4.08. The van der Waals surface area contributed by atoms with Gasteiger partial charge in [-0.15, -0.1) is 0 Å². The van der Waals surface area contributed by atoms with Gasteiger partial charge in [0, 0.05) is 12.8 Å². The highest BCUT2D eigenvalue weighted by Crippen LogP contribution is 2.16. The minimum absolute atomic E-state index is 0.186. The van der Waals surface area contributed by atoms with Crippen LogP contribution in [0.15, 0.2) is 0 Å². The summed E-state index contributed by atoms with van der Waals surface area (Å²) in [5, 5.41) is 8.81. The van der Waals surface area contributed by atoms with E-state index in [1.807, 2.05) is 0 Å². The molecule has 0 aromatic rings. The van der Waals surface area contributed by atoms with Gasteiger partial charge in [-0.05, 0) is 12.8 Å². The number of hydrogen-bond acceptors (Lipinski definition) is 7. The second-order valence-corrected chi connectivity index (χ2v) is 14.8. The lowest BCUT2D eigenvalue weighted by Crippen LogP contribution is -2.31. The van der Waals surface area contributed by atoms with Crippen LogP contribution < -0.4 is 0 Å². The van der Waals surface area contributed by atoms with Crippen molar-refractivity contribution in [3.05, 3.63) is 0 Å². The third-order valence-electron chi connectivity index (χ3n) is 9.67. The van der Waals surface area contributed by atoms with Gasteiger partial charge in [-0.3, -0.25) is 19.2 Å². The fraction of sp³-hybridized carbons (Fsp3) is 0.907. The minimum Gasteiger partial charge on any atom is -0.481 e. The van der Waals surface area contributed by atoms with Crippen LogP contribution in [0.2, 0.25) is 0 Å². The van der Waals surface area contributed by atoms with E-state index in [9.17, 15) is 19.2 Å². The van der Waals surface area contributed by atoms with Crippen LogP contribution in [-0.2, 0) is 33.4 Å². The number of unbranched alkanes of at least 4 members (excludes halogenated alkanes) is 28. The Morgan fingerprint density at radius 3 is 0.961 bits per heavy atom. The van der Waals surface area contributed by atoms with E-state index in [2.05, 4.69) is 13.8 Å². The third kappa shape index (κ3) is 38.9. The van der Waals surface area contributed by atoms with Crippen LogP contribution in [-0.4, -0.2) is 48.3 Å². The summed E-state index contributed by atoms with van der Waals surface area (Å²) in [6.07, 6.45) is 36.5. The summed E-state index contributed by atoms with van der Waals surface area (Å²) in [5.41, 5.74) is 0. The summed E-state index contributed by atoms with van der Waals surface area (Å²) in [6.45, 7) is 4.06. The van der Waals surface area contributed by atoms with Crippen molar-refractivity contribution in [3.8, 4) is 0 Å². The van der Waals surface area contributed by atoms with Crippen LogP contribution in [0.25, 0.3) is 0 Å². The Bertz CT molecular complexity index is 814. The Kier molecular flexibility index (Phi) is 37.5. The highest BCUT2D eigenvalue weighted by molar-refractivity contribution is 5.76. The molecule has 51 heavy (non-hydrogen) atoms. The van der Waals surface area contributed by atoms with E-state index in [-0.39, 0.29) is 38.4 Å². The monoisotopic (exact) mass is 725 g/mol. The second-order valence-electron chi connectivity index (χ2n) is 14.8. The molecule has 8 nitrogen and oxygen atoms in total. The van der Waals surface area contributed by atoms with E-state index in [4.69, 9.17) is 19.3 Å². The van der Waals surface area contributed by atoms with Crippen LogP contribution in [0.1, 0.15) is 232 Å². The van der Waals surface area contributed by atoms with Crippen LogP contribution in [0.4, 0.5) is 0 Å². The van der Waals surface area contributed by atoms with E-state index < -0.39 is 24.0 Å². The molecule has 0 fully saturated rings. The molecule has 1 N–H and O–H groups in total. The SMILES string of the molecule is CCCCCCCCCCCCCCCCCC(=O)OCC(COC(=O)CCC(=O)O)OC(=O)CCCCCCCCCCCCCCCCC. The lowest BCUT2D eigenvalue weighted by molar-refractivity contribution is -0.167. The molecule has 8 heteroatoms. The van der Waals surface area contributed by atoms with Crippen molar-refractivity contribution in [2.24, 2.45) is 0 Å². The summed E-state index contributed by atoms with van der Waals surface area (Å²) in [5.74, 6) is -2.55. The highest BCUT2D eigenvalue weighted by atomic mass is 16.6. The van der Waals surface area contributed by atoms with Gasteiger partial charge < -0.3 is 19.3 Å². The normalized spacial score (nSPS) is 11.7. The van der Waals surface area contributed by atoms with E-state index in [0.29, 0.717) is 6.42 Å². The van der Waals surface area contributed by atoms with Crippen LogP contribution in [0.3, 0.4) is 0 Å². The zero-order valence-electron chi connectivity index (χ0n) is 33.3. The third-order valence-corrected chi connectivity index (χ3v) is 9.67. The molecule has 0 heterocycles. The molecule has 0 saturated heterocycles. The number of ether oxygens (including phenoxy) is 3. The fourth-order valence-corrected chi connectivity index (χ4v) is 6.37. The topological polar surface area (TPSA) is 116 Å². The molecule has 0 bridgehead atoms. The first-order valence-corrected chi connectivity index (χ1v) is 21.6. The molecule has 0 spiro atoms. The molecule has 0 aliphatic carbocycles. The maximum atomic E-state index is 12.5. The van der Waals surface area contributed by atoms with Gasteiger partial charge in [-0.1, -0.05) is 194 Å². The maximum absolute atomic E-state index is 12.5. The molecule has 1 atom stereocenters. The number of hydrogen-bond donors (Lipinski definition) is 1. The van der Waals surface area contributed by atoms with Gasteiger partial charge in [0.15, 0.2) is 6.10 Å². The first-order chi connectivity index (χ1) is 24.9. The van der Waals surface area contributed by atoms with Gasteiger partial charge in [0.2, 0.25) is 0 Å². The number of carboxylic acids is 1. The van der Waals surface area contributed by atoms with Gasteiger partial charge in [0.1, 0.15) is 13.2 Å². The molecule has 300 valence electrons. The van der Waals surface area contributed by atoms with Crippen molar-refractivity contribution in [2.45, 2.75) is 238 Å². The molecule has 0 aliphatic heterocycles. The number of carbonyl (C=O) groups excluding carboxylic acids is 3. The van der Waals surface area contributed by atoms with Gasteiger partial charge in [-0.2, -0.15) is 0 Å². The smallest absolute Gasteiger partial charge is 0.306 e. The van der Waals surface area contributed by atoms with Gasteiger partial charge in [-0.25, -0.2) is 0 Å². The molecular formula is C43H80O8. The summed E-state index contributed by atoms with van der Waals surface area (Å²) in [6, 6.07) is 0. The van der Waals surface area contributed by atoms with Gasteiger partial charge >= 0.3 is 23.9 Å². The molecule has 0 radical (unpaired) electrons. The number of carboxylic acid groups (broad SMARTS) is 1. The van der Waals surface area contributed by atoms with Crippen LogP contribution >= 0.6 is 0 Å². The Morgan fingerprint density at radius 1 is 0.373 bits per heavy atom. The molecular weight excluding hydrogens is 644 g/mol. The van der Waals surface area contributed by atoms with E-state index >= 15 is 0 Å². The van der Waals surface area contributed by atoms with E-state index in [1.165, 1.54) is 154 Å². The van der Waals surface area contributed by atoms with Crippen molar-refractivity contribution in [1.82, 2.24) is 0 Å². The molecule has 0 amide bonds. The van der Waals surface area contributed by atoms with Gasteiger partial charge in [0.05, 0.1) is 12.8 Å². The largest absolute Gasteiger partial charge is 0.481 e. The maximum Gasteiger partial charge on any atom is 0.306 e. The van der Waals surface area contributed by atoms with Crippen LogP contribution in [0, 0.1) is 0 Å². The van der Waals surface area contributed by atoms with Crippen molar-refractivity contribution >= 4 is 23.9 Å². The summed E-state index contributed by atoms with van der Waals surface area (Å²) < 4.78 is 16.0. The zero-order chi connectivity index (χ0) is 37.5. The molecule has 0 aromatic heterocycles. The number of esters is 3. The van der Waals surface area contributed by atoms with Gasteiger partial charge in [0.25, 0.3) is 0 Å². The Labute approximate surface area is 313 Å². The predicted molar refractivity (Wildman–Crippen MR) is 208 cm³/mol. The Hall–Kier alpha value is -2.12. The second kappa shape index (κ2) is 39.1. The lowest BCUT2D eigenvalue weighted by Gasteiger charge is -2.18. The number of rotatable bonds is 40. The number of aliphatic carboxylic acids is 1. The minimum atomic E-state index is -1.09. The molecule has 1 unspecified atom stereocenters. The zero-order valence-corrected chi connectivity index (χ0v) is 33.3. The van der Waals surface area contributed by atoms with E-state index in [0.717, 1.165) is 38.5 Å². The quantitative estimate of drug-likeness (QED) is 0.0377. The lowest BCUT2D eigenvalue weighted by atomic mass is 10.0. The number of carbonyl (C=O) groups is 4. The predicted octanol–water partition coefficient (Wildman–Crippen LogP) is 12.4. The molecule has 0 aromatic carbocycles. The van der Waals surface area contributed by atoms with Crippen molar-refractivity contribution in [2.75, 3.05) is 13.2 Å². The highest BCUT2D eigenvalue weighted by Gasteiger charge is 2.20. The van der Waals surface area contributed by atoms with Crippen molar-refractivity contribution in [3.63, 3.8) is 0 Å². The van der Waals surface area contributed by atoms with Crippen molar-refractivity contribution < 1.29 is 38.5 Å². The summed E-state index contributed by atoms with van der Waals surface area (Å²) in [7, 11) is 0. The first kappa shape index (κ1) is 48.9. The fourth-order valence-electron chi connectivity index (χ4n) is 6.37. The summed E-state index contributed by atoms with van der Waals surface area (Å²) in [4.78, 5) is 47.6. The standard InChI is InChI=1S/C43H80O8/c1-3-5-7-9-11-13-15-17-19-21-23-25-27-29-31-33-41(46)49-37-39(38-50-42(47)36-35-40(44)45)51-43(48)34-32-30-28-26-24-22-20-18-16-14-12-10-8-6-4-2/h39H,3-38H2,1-2H3,(H,44,45).